The molecule has 1 aromatic heterocycles. The van der Waals surface area contributed by atoms with Gasteiger partial charge in [0.25, 0.3) is 0 Å². The number of hydrogen-bond donors (Lipinski definition) is 1. The van der Waals surface area contributed by atoms with Gasteiger partial charge in [-0.2, -0.15) is 0 Å². The summed E-state index contributed by atoms with van der Waals surface area (Å²) in [6.07, 6.45) is 6.77. The summed E-state index contributed by atoms with van der Waals surface area (Å²) in [6.45, 7) is 2.02. The van der Waals surface area contributed by atoms with Crippen molar-refractivity contribution in [2.75, 3.05) is 20.2 Å². The molecule has 35 heavy (non-hydrogen) atoms. The number of benzene rings is 2. The van der Waals surface area contributed by atoms with E-state index in [0.717, 1.165) is 49.2 Å². The quantitative estimate of drug-likeness (QED) is 0.477. The first kappa shape index (κ1) is 23.1. The van der Waals surface area contributed by atoms with Gasteiger partial charge in [0.15, 0.2) is 0 Å². The highest BCUT2D eigenvalue weighted by Gasteiger charge is 2.40. The van der Waals surface area contributed by atoms with Crippen molar-refractivity contribution in [3.8, 4) is 11.6 Å². The van der Waals surface area contributed by atoms with Crippen LogP contribution >= 0.6 is 0 Å². The summed E-state index contributed by atoms with van der Waals surface area (Å²) in [6, 6.07) is 22.6. The highest BCUT2D eigenvalue weighted by Crippen LogP contribution is 2.40. The summed E-state index contributed by atoms with van der Waals surface area (Å²) in [4.78, 5) is 19.0. The standard InChI is InChI=1S/C29H31N3O3/c1-34-20-23-10-11-28(30-19-23)35-25-9-5-6-22(17-25)16-21-12-14-32(15-13-21)29(33)31-27-18-26(27)24-7-3-2-4-8-24/h2-11,16-17,19,26-27H,12-15,18,20H2,1H3,(H,31,33)/t26-,27+/m0/s1. The first-order chi connectivity index (χ1) is 17.2. The van der Waals surface area contributed by atoms with E-state index in [4.69, 9.17) is 9.47 Å². The second-order valence-corrected chi connectivity index (χ2v) is 9.21. The van der Waals surface area contributed by atoms with E-state index in [0.29, 0.717) is 18.4 Å². The van der Waals surface area contributed by atoms with Crippen molar-refractivity contribution in [1.29, 1.82) is 0 Å². The van der Waals surface area contributed by atoms with Crippen LogP contribution < -0.4 is 10.1 Å². The average molecular weight is 470 g/mol. The highest BCUT2D eigenvalue weighted by atomic mass is 16.5. The largest absolute Gasteiger partial charge is 0.439 e. The number of pyridine rings is 1. The lowest BCUT2D eigenvalue weighted by molar-refractivity contribution is 0.184. The molecule has 1 saturated carbocycles. The van der Waals surface area contributed by atoms with Crippen LogP contribution in [0.2, 0.25) is 0 Å². The van der Waals surface area contributed by atoms with Gasteiger partial charge in [0.2, 0.25) is 5.88 Å². The molecule has 2 aliphatic rings. The lowest BCUT2D eigenvalue weighted by atomic mass is 10.0. The molecule has 2 atom stereocenters. The van der Waals surface area contributed by atoms with Gasteiger partial charge in [0, 0.05) is 44.4 Å². The van der Waals surface area contributed by atoms with Gasteiger partial charge in [-0.05, 0) is 54.2 Å². The summed E-state index contributed by atoms with van der Waals surface area (Å²) < 4.78 is 11.1. The molecule has 1 aliphatic carbocycles. The van der Waals surface area contributed by atoms with Gasteiger partial charge in [-0.3, -0.25) is 0 Å². The lowest BCUT2D eigenvalue weighted by Crippen LogP contribution is -2.44. The smallest absolute Gasteiger partial charge is 0.317 e. The van der Waals surface area contributed by atoms with Crippen LogP contribution in [-0.4, -0.2) is 42.2 Å². The minimum atomic E-state index is 0.0619. The van der Waals surface area contributed by atoms with Crippen LogP contribution in [0.25, 0.3) is 6.08 Å². The van der Waals surface area contributed by atoms with Crippen LogP contribution in [0.5, 0.6) is 11.6 Å². The Hall–Kier alpha value is -3.64. The zero-order chi connectivity index (χ0) is 24.0. The highest BCUT2D eigenvalue weighted by molar-refractivity contribution is 5.75. The third-order valence-electron chi connectivity index (χ3n) is 6.58. The number of likely N-dealkylation sites (tertiary alicyclic amines) is 1. The van der Waals surface area contributed by atoms with Gasteiger partial charge in [-0.1, -0.05) is 54.1 Å². The monoisotopic (exact) mass is 469 g/mol. The summed E-state index contributed by atoms with van der Waals surface area (Å²) in [5.74, 6) is 1.76. The van der Waals surface area contributed by atoms with E-state index < -0.39 is 0 Å². The summed E-state index contributed by atoms with van der Waals surface area (Å²) in [5, 5.41) is 3.22. The molecule has 0 radical (unpaired) electrons. The molecule has 0 spiro atoms. The number of nitrogens with one attached hydrogen (secondary N) is 1. The molecule has 6 heteroatoms. The van der Waals surface area contributed by atoms with Crippen molar-refractivity contribution in [2.45, 2.75) is 37.8 Å². The number of carbonyl (C=O) groups excluding carboxylic acids is 1. The Morgan fingerprint density at radius 3 is 2.66 bits per heavy atom. The van der Waals surface area contributed by atoms with E-state index in [1.807, 2.05) is 41.3 Å². The molecule has 1 saturated heterocycles. The summed E-state index contributed by atoms with van der Waals surface area (Å²) in [5.41, 5.74) is 4.76. The van der Waals surface area contributed by atoms with Gasteiger partial charge in [0.1, 0.15) is 5.75 Å². The molecular formula is C29H31N3O3. The van der Waals surface area contributed by atoms with E-state index in [1.54, 1.807) is 13.3 Å². The Bertz CT molecular complexity index is 1170. The third kappa shape index (κ3) is 6.08. The van der Waals surface area contributed by atoms with Crippen molar-refractivity contribution in [3.63, 3.8) is 0 Å². The Morgan fingerprint density at radius 2 is 1.91 bits per heavy atom. The molecule has 180 valence electrons. The molecule has 1 N–H and O–H groups in total. The van der Waals surface area contributed by atoms with Crippen molar-refractivity contribution in [3.05, 3.63) is 95.2 Å². The number of urea groups is 1. The predicted octanol–water partition coefficient (Wildman–Crippen LogP) is 5.77. The van der Waals surface area contributed by atoms with Crippen LogP contribution in [0, 0.1) is 0 Å². The molecule has 2 aromatic carbocycles. The Labute approximate surface area is 206 Å². The first-order valence-electron chi connectivity index (χ1n) is 12.2. The van der Waals surface area contributed by atoms with Gasteiger partial charge in [-0.25, -0.2) is 9.78 Å². The predicted molar refractivity (Wildman–Crippen MR) is 136 cm³/mol. The van der Waals surface area contributed by atoms with Gasteiger partial charge in [0.05, 0.1) is 6.61 Å². The maximum absolute atomic E-state index is 12.7. The molecule has 1 aliphatic heterocycles. The second kappa shape index (κ2) is 10.7. The number of piperidine rings is 1. The fourth-order valence-corrected chi connectivity index (χ4v) is 4.56. The maximum Gasteiger partial charge on any atom is 0.317 e. The number of methoxy groups -OCH3 is 1. The third-order valence-corrected chi connectivity index (χ3v) is 6.58. The van der Waals surface area contributed by atoms with Crippen molar-refractivity contribution >= 4 is 12.1 Å². The molecule has 3 aromatic rings. The minimum Gasteiger partial charge on any atom is -0.439 e. The Balaban J connectivity index is 1.12. The van der Waals surface area contributed by atoms with Crippen LogP contribution in [0.15, 0.2) is 78.5 Å². The van der Waals surface area contributed by atoms with Crippen molar-refractivity contribution in [1.82, 2.24) is 15.2 Å². The van der Waals surface area contributed by atoms with E-state index >= 15 is 0 Å². The molecular weight excluding hydrogens is 438 g/mol. The average Bonchev–Trinajstić information content (AvgIpc) is 3.66. The van der Waals surface area contributed by atoms with Crippen LogP contribution in [0.4, 0.5) is 4.79 Å². The van der Waals surface area contributed by atoms with Crippen molar-refractivity contribution in [2.24, 2.45) is 0 Å². The number of amides is 2. The van der Waals surface area contributed by atoms with E-state index in [9.17, 15) is 4.79 Å². The fourth-order valence-electron chi connectivity index (χ4n) is 4.56. The molecule has 2 fully saturated rings. The SMILES string of the molecule is COCc1ccc(Oc2cccc(C=C3CCN(C(=O)N[C@@H]4C[C@H]4c4ccccc4)CC3)c2)nc1. The summed E-state index contributed by atoms with van der Waals surface area (Å²) >= 11 is 0. The number of hydrogen-bond acceptors (Lipinski definition) is 4. The second-order valence-electron chi connectivity index (χ2n) is 9.21. The van der Waals surface area contributed by atoms with Crippen LogP contribution in [0.3, 0.4) is 0 Å². The van der Waals surface area contributed by atoms with E-state index in [-0.39, 0.29) is 12.1 Å². The molecule has 6 nitrogen and oxygen atoms in total. The number of ether oxygens (including phenoxy) is 2. The number of carbonyl (C=O) groups is 1. The number of aromatic nitrogens is 1. The first-order valence-corrected chi connectivity index (χ1v) is 12.2. The zero-order valence-electron chi connectivity index (χ0n) is 20.0. The van der Waals surface area contributed by atoms with E-state index in [2.05, 4.69) is 46.7 Å². The topological polar surface area (TPSA) is 63.7 Å². The van der Waals surface area contributed by atoms with Gasteiger partial charge < -0.3 is 19.7 Å². The number of nitrogens with zero attached hydrogens (tertiary/aromatic N) is 2. The summed E-state index contributed by atoms with van der Waals surface area (Å²) in [7, 11) is 1.67. The zero-order valence-corrected chi connectivity index (χ0v) is 20.0. The molecule has 2 amide bonds. The van der Waals surface area contributed by atoms with Crippen molar-refractivity contribution < 1.29 is 14.3 Å². The maximum atomic E-state index is 12.7. The fraction of sp³-hybridized carbons (Fsp3) is 0.310. The lowest BCUT2D eigenvalue weighted by Gasteiger charge is -2.28. The Kier molecular flexibility index (Phi) is 7.09. The van der Waals surface area contributed by atoms with E-state index in [1.165, 1.54) is 11.1 Å². The minimum absolute atomic E-state index is 0.0619. The van der Waals surface area contributed by atoms with Gasteiger partial charge >= 0.3 is 6.03 Å². The molecule has 5 rings (SSSR count). The number of rotatable bonds is 7. The van der Waals surface area contributed by atoms with Crippen LogP contribution in [-0.2, 0) is 11.3 Å². The molecule has 0 bridgehead atoms. The molecule has 2 heterocycles. The normalized spacial score (nSPS) is 19.2. The Morgan fingerprint density at radius 1 is 1.09 bits per heavy atom. The molecule has 0 unspecified atom stereocenters. The van der Waals surface area contributed by atoms with Gasteiger partial charge in [-0.15, -0.1) is 0 Å². The van der Waals surface area contributed by atoms with Crippen LogP contribution in [0.1, 0.15) is 41.9 Å².